The van der Waals surface area contributed by atoms with Crippen LogP contribution in [-0.2, 0) is 0 Å². The Kier molecular flexibility index (Phi) is 5.65. The molecule has 0 unspecified atom stereocenters. The topological polar surface area (TPSA) is 49.3 Å². The van der Waals surface area contributed by atoms with Crippen molar-refractivity contribution in [3.05, 3.63) is 28.2 Å². The van der Waals surface area contributed by atoms with Crippen LogP contribution in [0, 0.1) is 0 Å². The van der Waals surface area contributed by atoms with Crippen molar-refractivity contribution in [3.63, 3.8) is 0 Å². The van der Waals surface area contributed by atoms with Crippen LogP contribution in [0.3, 0.4) is 0 Å². The largest absolute Gasteiger partial charge is 0.478 e. The van der Waals surface area contributed by atoms with Crippen LogP contribution in [0.25, 0.3) is 0 Å². The van der Waals surface area contributed by atoms with Gasteiger partial charge in [0.2, 0.25) is 0 Å². The molecule has 0 saturated heterocycles. The Morgan fingerprint density at radius 2 is 2.00 bits per heavy atom. The van der Waals surface area contributed by atoms with Crippen LogP contribution in [0.2, 0.25) is 0 Å². The molecule has 0 radical (unpaired) electrons. The lowest BCUT2D eigenvalue weighted by Gasteiger charge is -2.10. The highest BCUT2D eigenvalue weighted by molar-refractivity contribution is 9.10. The molecule has 3 nitrogen and oxygen atoms in total. The number of carboxylic acid groups (broad SMARTS) is 1. The van der Waals surface area contributed by atoms with Crippen molar-refractivity contribution in [1.29, 1.82) is 0 Å². The van der Waals surface area contributed by atoms with Gasteiger partial charge >= 0.3 is 12.1 Å². The maximum Gasteiger partial charge on any atom is 0.389 e. The van der Waals surface area contributed by atoms with Gasteiger partial charge in [0.25, 0.3) is 0 Å². The molecule has 0 fully saturated rings. The summed E-state index contributed by atoms with van der Waals surface area (Å²) in [5.74, 6) is -1.03. The van der Waals surface area contributed by atoms with Gasteiger partial charge in [0.05, 0.1) is 5.56 Å². The number of unbranched alkanes of at least 4 members (excludes halogenated alkanes) is 1. The number of nitrogens with one attached hydrogen (secondary N) is 1. The zero-order chi connectivity index (χ0) is 14.5. The number of hydrogen-bond donors (Lipinski definition) is 2. The summed E-state index contributed by atoms with van der Waals surface area (Å²) >= 11 is 3.21. The Bertz CT molecular complexity index is 449. The minimum Gasteiger partial charge on any atom is -0.478 e. The molecule has 1 aromatic carbocycles. The van der Waals surface area contributed by atoms with Crippen LogP contribution in [0.1, 0.15) is 29.6 Å². The Hall–Kier alpha value is -1.24. The number of hydrogen-bond acceptors (Lipinski definition) is 2. The van der Waals surface area contributed by atoms with Crippen LogP contribution in [0.5, 0.6) is 0 Å². The minimum absolute atomic E-state index is 0.0708. The van der Waals surface area contributed by atoms with Crippen molar-refractivity contribution in [3.8, 4) is 0 Å². The summed E-state index contributed by atoms with van der Waals surface area (Å²) in [7, 11) is 0. The average molecular weight is 340 g/mol. The molecule has 7 heteroatoms. The SMILES string of the molecule is O=C(O)c1ccc(NCCCCC(F)(F)F)c(Br)c1. The van der Waals surface area contributed by atoms with Crippen molar-refractivity contribution in [1.82, 2.24) is 0 Å². The number of benzene rings is 1. The number of aromatic carboxylic acids is 1. The lowest BCUT2D eigenvalue weighted by molar-refractivity contribution is -0.135. The standard InChI is InChI=1S/C12H13BrF3NO2/c13-9-7-8(11(18)19)3-4-10(9)17-6-2-1-5-12(14,15)16/h3-4,7,17H,1-2,5-6H2,(H,18,19). The molecule has 19 heavy (non-hydrogen) atoms. The Morgan fingerprint density at radius 1 is 1.32 bits per heavy atom. The van der Waals surface area contributed by atoms with Crippen molar-refractivity contribution in [2.45, 2.75) is 25.4 Å². The van der Waals surface area contributed by atoms with Crippen molar-refractivity contribution in [2.24, 2.45) is 0 Å². The van der Waals surface area contributed by atoms with Gasteiger partial charge in [-0.3, -0.25) is 0 Å². The third-order valence-corrected chi connectivity index (χ3v) is 3.07. The molecular weight excluding hydrogens is 327 g/mol. The van der Waals surface area contributed by atoms with Gasteiger partial charge in [0.15, 0.2) is 0 Å². The van der Waals surface area contributed by atoms with Gasteiger partial charge in [0, 0.05) is 23.1 Å². The highest BCUT2D eigenvalue weighted by atomic mass is 79.9. The molecule has 0 aromatic heterocycles. The first-order chi connectivity index (χ1) is 8.79. The second-order valence-corrected chi connectivity index (χ2v) is 4.85. The molecule has 0 atom stereocenters. The Morgan fingerprint density at radius 3 is 2.53 bits per heavy atom. The summed E-state index contributed by atoms with van der Waals surface area (Å²) in [6.07, 6.45) is -4.43. The van der Waals surface area contributed by atoms with E-state index >= 15 is 0 Å². The molecule has 0 bridgehead atoms. The lowest BCUT2D eigenvalue weighted by Crippen LogP contribution is -2.09. The fourth-order valence-electron chi connectivity index (χ4n) is 1.47. The predicted octanol–water partition coefficient (Wildman–Crippen LogP) is 4.29. The first-order valence-electron chi connectivity index (χ1n) is 5.63. The molecule has 0 aliphatic rings. The molecule has 0 spiro atoms. The van der Waals surface area contributed by atoms with Gasteiger partial charge in [-0.15, -0.1) is 0 Å². The van der Waals surface area contributed by atoms with Crippen LogP contribution in [-0.4, -0.2) is 23.8 Å². The summed E-state index contributed by atoms with van der Waals surface area (Å²) in [5, 5.41) is 11.7. The van der Waals surface area contributed by atoms with E-state index < -0.39 is 18.6 Å². The van der Waals surface area contributed by atoms with E-state index in [1.807, 2.05) is 0 Å². The van der Waals surface area contributed by atoms with E-state index in [1.54, 1.807) is 6.07 Å². The van der Waals surface area contributed by atoms with E-state index in [9.17, 15) is 18.0 Å². The van der Waals surface area contributed by atoms with Crippen LogP contribution in [0.4, 0.5) is 18.9 Å². The van der Waals surface area contributed by atoms with Gasteiger partial charge in [0.1, 0.15) is 0 Å². The van der Waals surface area contributed by atoms with E-state index in [1.165, 1.54) is 12.1 Å². The summed E-state index contributed by atoms with van der Waals surface area (Å²) in [5.41, 5.74) is 0.812. The molecule has 0 aliphatic carbocycles. The summed E-state index contributed by atoms with van der Waals surface area (Å²) in [6.45, 7) is 0.404. The summed E-state index contributed by atoms with van der Waals surface area (Å²) in [4.78, 5) is 10.7. The van der Waals surface area contributed by atoms with Gasteiger partial charge in [-0.05, 0) is 47.0 Å². The predicted molar refractivity (Wildman–Crippen MR) is 69.5 cm³/mol. The molecule has 0 amide bonds. The van der Waals surface area contributed by atoms with E-state index in [2.05, 4.69) is 21.2 Å². The molecule has 2 N–H and O–H groups in total. The van der Waals surface area contributed by atoms with E-state index in [0.717, 1.165) is 0 Å². The third kappa shape index (κ3) is 5.96. The normalized spacial score (nSPS) is 11.4. The summed E-state index contributed by atoms with van der Waals surface area (Å²) < 4.78 is 36.3. The second-order valence-electron chi connectivity index (χ2n) is 4.00. The maximum atomic E-state index is 11.9. The Balaban J connectivity index is 2.40. The first kappa shape index (κ1) is 15.8. The monoisotopic (exact) mass is 339 g/mol. The molecule has 106 valence electrons. The van der Waals surface area contributed by atoms with Crippen LogP contribution < -0.4 is 5.32 Å². The molecule has 0 saturated carbocycles. The molecular formula is C12H13BrF3NO2. The smallest absolute Gasteiger partial charge is 0.389 e. The third-order valence-electron chi connectivity index (χ3n) is 2.42. The second kappa shape index (κ2) is 6.79. The van der Waals surface area contributed by atoms with Gasteiger partial charge in [-0.25, -0.2) is 4.79 Å². The fourth-order valence-corrected chi connectivity index (χ4v) is 1.98. The molecule has 1 aromatic rings. The van der Waals surface area contributed by atoms with Gasteiger partial charge in [-0.2, -0.15) is 13.2 Å². The van der Waals surface area contributed by atoms with Crippen molar-refractivity contribution < 1.29 is 23.1 Å². The summed E-state index contributed by atoms with van der Waals surface area (Å²) in [6, 6.07) is 4.46. The number of alkyl halides is 3. The van der Waals surface area contributed by atoms with E-state index in [-0.39, 0.29) is 12.0 Å². The quantitative estimate of drug-likeness (QED) is 0.760. The fraction of sp³-hybridized carbons (Fsp3) is 0.417. The van der Waals surface area contributed by atoms with E-state index in [0.29, 0.717) is 23.1 Å². The van der Waals surface area contributed by atoms with Crippen LogP contribution >= 0.6 is 15.9 Å². The van der Waals surface area contributed by atoms with Gasteiger partial charge < -0.3 is 10.4 Å². The first-order valence-corrected chi connectivity index (χ1v) is 6.42. The average Bonchev–Trinajstić information content (AvgIpc) is 2.28. The van der Waals surface area contributed by atoms with Crippen molar-refractivity contribution >= 4 is 27.6 Å². The molecule has 0 aliphatic heterocycles. The molecule has 0 heterocycles. The highest BCUT2D eigenvalue weighted by Gasteiger charge is 2.25. The molecule has 1 rings (SSSR count). The maximum absolute atomic E-state index is 11.9. The zero-order valence-corrected chi connectivity index (χ0v) is 11.5. The zero-order valence-electron chi connectivity index (χ0n) is 9.93. The number of anilines is 1. The number of rotatable bonds is 6. The van der Waals surface area contributed by atoms with Crippen LogP contribution in [0.15, 0.2) is 22.7 Å². The Labute approximate surface area is 116 Å². The van der Waals surface area contributed by atoms with E-state index in [4.69, 9.17) is 5.11 Å². The number of halogens is 4. The lowest BCUT2D eigenvalue weighted by atomic mass is 10.2. The highest BCUT2D eigenvalue weighted by Crippen LogP contribution is 2.25. The van der Waals surface area contributed by atoms with Crippen molar-refractivity contribution in [2.75, 3.05) is 11.9 Å². The number of carboxylic acids is 1. The number of carbonyl (C=O) groups is 1. The minimum atomic E-state index is -4.11. The van der Waals surface area contributed by atoms with Gasteiger partial charge in [-0.1, -0.05) is 0 Å².